The summed E-state index contributed by atoms with van der Waals surface area (Å²) in [6.07, 6.45) is 0. The molecule has 1 rings (SSSR count). The van der Waals surface area contributed by atoms with Gasteiger partial charge in [0.25, 0.3) is 0 Å². The van der Waals surface area contributed by atoms with E-state index in [1.807, 2.05) is 13.8 Å². The molecular formula is C12H20N2O3S. The molecule has 0 aliphatic carbocycles. The molecule has 0 aliphatic heterocycles. The highest BCUT2D eigenvalue weighted by Gasteiger charge is 2.23. The summed E-state index contributed by atoms with van der Waals surface area (Å²) in [5, 5.41) is 0. The molecule has 0 spiro atoms. The topological polar surface area (TPSA) is 81.4 Å². The second-order valence-electron chi connectivity index (χ2n) is 4.46. The predicted molar refractivity (Wildman–Crippen MR) is 71.7 cm³/mol. The molecule has 102 valence electrons. The van der Waals surface area contributed by atoms with Crippen LogP contribution in [0, 0.1) is 5.92 Å². The lowest BCUT2D eigenvalue weighted by atomic mass is 10.1. The van der Waals surface area contributed by atoms with Gasteiger partial charge < -0.3 is 10.5 Å². The van der Waals surface area contributed by atoms with Gasteiger partial charge in [-0.3, -0.25) is 0 Å². The first-order chi connectivity index (χ1) is 8.38. The number of rotatable bonds is 6. The van der Waals surface area contributed by atoms with Crippen LogP contribution in [0.15, 0.2) is 29.2 Å². The highest BCUT2D eigenvalue weighted by Crippen LogP contribution is 2.18. The van der Waals surface area contributed by atoms with E-state index < -0.39 is 10.0 Å². The van der Waals surface area contributed by atoms with Gasteiger partial charge in [-0.2, -0.15) is 0 Å². The van der Waals surface area contributed by atoms with Crippen molar-refractivity contribution in [2.24, 2.45) is 5.92 Å². The van der Waals surface area contributed by atoms with Crippen molar-refractivity contribution in [1.29, 1.82) is 0 Å². The maximum Gasteiger partial charge on any atom is 0.242 e. The second-order valence-corrected chi connectivity index (χ2v) is 6.15. The van der Waals surface area contributed by atoms with Crippen LogP contribution in [0.4, 0.5) is 5.69 Å². The standard InChI is InChI=1S/C12H20N2O3S/c1-9(2)11(8-17-3)14-18(15,16)12-7-5-4-6-10(12)13/h4-7,9,11,14H,8,13H2,1-3H3. The number of nitrogen functional groups attached to an aromatic ring is 1. The molecule has 1 atom stereocenters. The largest absolute Gasteiger partial charge is 0.398 e. The highest BCUT2D eigenvalue weighted by atomic mass is 32.2. The molecule has 0 saturated carbocycles. The van der Waals surface area contributed by atoms with Gasteiger partial charge in [-0.15, -0.1) is 0 Å². The fourth-order valence-electron chi connectivity index (χ4n) is 1.53. The number of para-hydroxylation sites is 1. The van der Waals surface area contributed by atoms with Crippen molar-refractivity contribution in [3.8, 4) is 0 Å². The number of hydrogen-bond acceptors (Lipinski definition) is 4. The Morgan fingerprint density at radius 1 is 1.33 bits per heavy atom. The van der Waals surface area contributed by atoms with Gasteiger partial charge in [0.05, 0.1) is 12.3 Å². The fraction of sp³-hybridized carbons (Fsp3) is 0.500. The number of benzene rings is 1. The van der Waals surface area contributed by atoms with E-state index in [0.717, 1.165) is 0 Å². The smallest absolute Gasteiger partial charge is 0.242 e. The summed E-state index contributed by atoms with van der Waals surface area (Å²) in [6, 6.07) is 6.12. The summed E-state index contributed by atoms with van der Waals surface area (Å²) in [6.45, 7) is 4.19. The number of ether oxygens (including phenoxy) is 1. The molecule has 0 amide bonds. The number of nitrogens with one attached hydrogen (secondary N) is 1. The minimum atomic E-state index is -3.61. The summed E-state index contributed by atoms with van der Waals surface area (Å²) in [4.78, 5) is 0.103. The van der Waals surface area contributed by atoms with Gasteiger partial charge in [-0.25, -0.2) is 13.1 Å². The maximum absolute atomic E-state index is 12.2. The van der Waals surface area contributed by atoms with Gasteiger partial charge in [0.15, 0.2) is 0 Å². The first-order valence-corrected chi connectivity index (χ1v) is 7.22. The molecule has 1 aromatic rings. The Bertz CT molecular complexity index is 486. The van der Waals surface area contributed by atoms with Gasteiger partial charge in [0.2, 0.25) is 10.0 Å². The predicted octanol–water partition coefficient (Wildman–Crippen LogP) is 1.22. The van der Waals surface area contributed by atoms with Crippen LogP contribution in [0.5, 0.6) is 0 Å². The Morgan fingerprint density at radius 2 is 1.94 bits per heavy atom. The minimum absolute atomic E-state index is 0.103. The average molecular weight is 272 g/mol. The van der Waals surface area contributed by atoms with Crippen LogP contribution in [-0.4, -0.2) is 28.2 Å². The van der Waals surface area contributed by atoms with Crippen LogP contribution in [-0.2, 0) is 14.8 Å². The number of methoxy groups -OCH3 is 1. The molecule has 0 fully saturated rings. The Hall–Kier alpha value is -1.11. The van der Waals surface area contributed by atoms with Crippen molar-refractivity contribution in [3.63, 3.8) is 0 Å². The molecule has 5 nitrogen and oxygen atoms in total. The lowest BCUT2D eigenvalue weighted by Gasteiger charge is -2.21. The van der Waals surface area contributed by atoms with Crippen molar-refractivity contribution in [2.45, 2.75) is 24.8 Å². The average Bonchev–Trinajstić information content (AvgIpc) is 2.28. The Balaban J connectivity index is 2.97. The summed E-state index contributed by atoms with van der Waals surface area (Å²) >= 11 is 0. The summed E-state index contributed by atoms with van der Waals surface area (Å²) < 4.78 is 32.0. The highest BCUT2D eigenvalue weighted by molar-refractivity contribution is 7.89. The molecule has 18 heavy (non-hydrogen) atoms. The zero-order chi connectivity index (χ0) is 13.8. The van der Waals surface area contributed by atoms with Crippen molar-refractivity contribution >= 4 is 15.7 Å². The molecule has 0 heterocycles. The van der Waals surface area contributed by atoms with Crippen LogP contribution < -0.4 is 10.5 Å². The quantitative estimate of drug-likeness (QED) is 0.763. The zero-order valence-electron chi connectivity index (χ0n) is 10.9. The van der Waals surface area contributed by atoms with Crippen LogP contribution in [0.2, 0.25) is 0 Å². The van der Waals surface area contributed by atoms with E-state index in [4.69, 9.17) is 10.5 Å². The van der Waals surface area contributed by atoms with E-state index in [2.05, 4.69) is 4.72 Å². The molecule has 0 bridgehead atoms. The van der Waals surface area contributed by atoms with Gasteiger partial charge >= 0.3 is 0 Å². The van der Waals surface area contributed by atoms with Crippen molar-refractivity contribution in [1.82, 2.24) is 4.72 Å². The minimum Gasteiger partial charge on any atom is -0.398 e. The second kappa shape index (κ2) is 6.17. The number of nitrogens with two attached hydrogens (primary N) is 1. The number of hydrogen-bond donors (Lipinski definition) is 2. The van der Waals surface area contributed by atoms with Crippen LogP contribution in [0.3, 0.4) is 0 Å². The third-order valence-electron chi connectivity index (χ3n) is 2.67. The zero-order valence-corrected chi connectivity index (χ0v) is 11.7. The SMILES string of the molecule is COCC(NS(=O)(=O)c1ccccc1N)C(C)C. The molecule has 0 aliphatic rings. The van der Waals surface area contributed by atoms with E-state index >= 15 is 0 Å². The van der Waals surface area contributed by atoms with Crippen LogP contribution >= 0.6 is 0 Å². The molecule has 0 aromatic heterocycles. The molecule has 0 radical (unpaired) electrons. The van der Waals surface area contributed by atoms with Gasteiger partial charge in [-0.05, 0) is 18.1 Å². The molecule has 0 saturated heterocycles. The van der Waals surface area contributed by atoms with Crippen molar-refractivity contribution < 1.29 is 13.2 Å². The van der Waals surface area contributed by atoms with Crippen LogP contribution in [0.25, 0.3) is 0 Å². The third-order valence-corrected chi connectivity index (χ3v) is 4.23. The number of sulfonamides is 1. The normalized spacial score (nSPS) is 13.8. The Morgan fingerprint density at radius 3 is 2.44 bits per heavy atom. The van der Waals surface area contributed by atoms with Crippen LogP contribution in [0.1, 0.15) is 13.8 Å². The molecule has 1 unspecified atom stereocenters. The molecule has 6 heteroatoms. The van der Waals surface area contributed by atoms with E-state index in [0.29, 0.717) is 6.61 Å². The van der Waals surface area contributed by atoms with E-state index in [1.54, 1.807) is 25.3 Å². The maximum atomic E-state index is 12.2. The molecule has 1 aromatic carbocycles. The molecular weight excluding hydrogens is 252 g/mol. The van der Waals surface area contributed by atoms with Crippen molar-refractivity contribution in [2.75, 3.05) is 19.5 Å². The lowest BCUT2D eigenvalue weighted by Crippen LogP contribution is -2.41. The Kier molecular flexibility index (Phi) is 5.13. The van der Waals surface area contributed by atoms with Gasteiger partial charge in [0, 0.05) is 13.2 Å². The first-order valence-electron chi connectivity index (χ1n) is 5.74. The van der Waals surface area contributed by atoms with E-state index in [-0.39, 0.29) is 22.5 Å². The monoisotopic (exact) mass is 272 g/mol. The fourth-order valence-corrected chi connectivity index (χ4v) is 3.03. The summed E-state index contributed by atoms with van der Waals surface area (Å²) in [7, 11) is -2.07. The summed E-state index contributed by atoms with van der Waals surface area (Å²) in [5.74, 6) is 0.129. The van der Waals surface area contributed by atoms with Gasteiger partial charge in [-0.1, -0.05) is 26.0 Å². The third kappa shape index (κ3) is 3.69. The van der Waals surface area contributed by atoms with Crippen molar-refractivity contribution in [3.05, 3.63) is 24.3 Å². The lowest BCUT2D eigenvalue weighted by molar-refractivity contribution is 0.157. The van der Waals surface area contributed by atoms with E-state index in [1.165, 1.54) is 6.07 Å². The van der Waals surface area contributed by atoms with E-state index in [9.17, 15) is 8.42 Å². The van der Waals surface area contributed by atoms with Gasteiger partial charge in [0.1, 0.15) is 4.90 Å². The number of anilines is 1. The Labute approximate surface area is 108 Å². The summed E-state index contributed by atoms with van der Waals surface area (Å²) in [5.41, 5.74) is 5.92. The molecule has 3 N–H and O–H groups in total. The first kappa shape index (κ1) is 14.9.